The fourth-order valence-electron chi connectivity index (χ4n) is 1.76. The van der Waals surface area contributed by atoms with Gasteiger partial charge in [0.1, 0.15) is 10.4 Å². The second-order valence-electron chi connectivity index (χ2n) is 4.22. The number of nitrogens with one attached hydrogen (secondary N) is 1. The molecule has 2 aromatic rings. The van der Waals surface area contributed by atoms with Crippen molar-refractivity contribution in [3.05, 3.63) is 58.3 Å². The fourth-order valence-corrected chi connectivity index (χ4v) is 2.12. The van der Waals surface area contributed by atoms with Gasteiger partial charge < -0.3 is 10.1 Å². The van der Waals surface area contributed by atoms with Gasteiger partial charge in [-0.3, -0.25) is 4.79 Å². The highest BCUT2D eigenvalue weighted by Gasteiger charge is 2.05. The van der Waals surface area contributed by atoms with Gasteiger partial charge in [0.2, 0.25) is 0 Å². The van der Waals surface area contributed by atoms with E-state index >= 15 is 0 Å². The van der Waals surface area contributed by atoms with Crippen LogP contribution in [-0.4, -0.2) is 24.5 Å². The number of aromatic nitrogens is 1. The first-order valence-corrected chi connectivity index (χ1v) is 7.01. The van der Waals surface area contributed by atoms with E-state index in [1.54, 1.807) is 25.4 Å². The van der Waals surface area contributed by atoms with Crippen molar-refractivity contribution in [1.29, 1.82) is 0 Å². The summed E-state index contributed by atoms with van der Waals surface area (Å²) in [6.45, 7) is 0.588. The molecule has 0 bridgehead atoms. The summed E-state index contributed by atoms with van der Waals surface area (Å²) in [6, 6.07) is 11.2. The van der Waals surface area contributed by atoms with E-state index in [-0.39, 0.29) is 5.91 Å². The normalized spacial score (nSPS) is 10.1. The summed E-state index contributed by atoms with van der Waals surface area (Å²) in [6.07, 6.45) is 2.38. The van der Waals surface area contributed by atoms with Gasteiger partial charge in [-0.1, -0.05) is 12.1 Å². The molecule has 0 aliphatic heterocycles. The maximum atomic E-state index is 11.9. The topological polar surface area (TPSA) is 51.2 Å². The number of methoxy groups -OCH3 is 1. The molecule has 0 unspecified atom stereocenters. The van der Waals surface area contributed by atoms with Gasteiger partial charge in [0.15, 0.2) is 0 Å². The lowest BCUT2D eigenvalue weighted by molar-refractivity contribution is 0.0954. The highest BCUT2D eigenvalue weighted by atomic mass is 79.9. The van der Waals surface area contributed by atoms with E-state index in [1.807, 2.05) is 24.3 Å². The van der Waals surface area contributed by atoms with Crippen molar-refractivity contribution < 1.29 is 9.53 Å². The lowest BCUT2D eigenvalue weighted by Crippen LogP contribution is -2.25. The SMILES string of the molecule is COc1ccc(CCNC(=O)c2ccnc(Br)c2)cc1. The number of ether oxygens (including phenoxy) is 1. The molecule has 1 N–H and O–H groups in total. The predicted molar refractivity (Wildman–Crippen MR) is 81.0 cm³/mol. The lowest BCUT2D eigenvalue weighted by Gasteiger charge is -2.06. The van der Waals surface area contributed by atoms with Crippen LogP contribution >= 0.6 is 15.9 Å². The van der Waals surface area contributed by atoms with Crippen LogP contribution in [-0.2, 0) is 6.42 Å². The van der Waals surface area contributed by atoms with Crippen LogP contribution in [0.15, 0.2) is 47.2 Å². The third kappa shape index (κ3) is 4.06. The van der Waals surface area contributed by atoms with Gasteiger partial charge in [-0.15, -0.1) is 0 Å². The first kappa shape index (κ1) is 14.5. The number of rotatable bonds is 5. The Kier molecular flexibility index (Phi) is 5.12. The number of hydrogen-bond acceptors (Lipinski definition) is 3. The molecular formula is C15H15BrN2O2. The molecule has 1 aromatic carbocycles. The first-order chi connectivity index (χ1) is 9.69. The molecule has 0 aliphatic rings. The minimum absolute atomic E-state index is 0.0957. The zero-order valence-corrected chi connectivity index (χ0v) is 12.7. The van der Waals surface area contributed by atoms with Crippen LogP contribution in [0.5, 0.6) is 5.75 Å². The summed E-state index contributed by atoms with van der Waals surface area (Å²) in [5, 5.41) is 2.88. The van der Waals surface area contributed by atoms with Gasteiger partial charge in [-0.05, 0) is 52.2 Å². The van der Waals surface area contributed by atoms with Gasteiger partial charge in [-0.2, -0.15) is 0 Å². The molecule has 2 rings (SSSR count). The van der Waals surface area contributed by atoms with Gasteiger partial charge >= 0.3 is 0 Å². The third-order valence-corrected chi connectivity index (χ3v) is 3.28. The summed E-state index contributed by atoms with van der Waals surface area (Å²) in [7, 11) is 1.64. The molecule has 104 valence electrons. The second-order valence-corrected chi connectivity index (χ2v) is 5.03. The maximum Gasteiger partial charge on any atom is 0.251 e. The van der Waals surface area contributed by atoms with Crippen molar-refractivity contribution in [3.63, 3.8) is 0 Å². The Balaban J connectivity index is 1.84. The number of carbonyl (C=O) groups is 1. The maximum absolute atomic E-state index is 11.9. The Bertz CT molecular complexity index is 585. The molecule has 0 fully saturated rings. The Labute approximate surface area is 126 Å². The van der Waals surface area contributed by atoms with Crippen LogP contribution in [0.3, 0.4) is 0 Å². The average Bonchev–Trinajstić information content (AvgIpc) is 2.48. The van der Waals surface area contributed by atoms with Crippen LogP contribution in [0.2, 0.25) is 0 Å². The van der Waals surface area contributed by atoms with Crippen LogP contribution in [0.1, 0.15) is 15.9 Å². The molecule has 0 spiro atoms. The Morgan fingerprint density at radius 3 is 2.70 bits per heavy atom. The van der Waals surface area contributed by atoms with E-state index in [4.69, 9.17) is 4.74 Å². The highest BCUT2D eigenvalue weighted by Crippen LogP contribution is 2.11. The van der Waals surface area contributed by atoms with Gasteiger partial charge in [-0.25, -0.2) is 4.98 Å². The number of halogens is 1. The zero-order valence-electron chi connectivity index (χ0n) is 11.1. The van der Waals surface area contributed by atoms with E-state index in [0.29, 0.717) is 16.7 Å². The number of benzene rings is 1. The van der Waals surface area contributed by atoms with E-state index in [1.165, 1.54) is 0 Å². The summed E-state index contributed by atoms with van der Waals surface area (Å²) < 4.78 is 5.75. The quantitative estimate of drug-likeness (QED) is 0.855. The lowest BCUT2D eigenvalue weighted by atomic mass is 10.1. The van der Waals surface area contributed by atoms with Crippen LogP contribution < -0.4 is 10.1 Å². The zero-order chi connectivity index (χ0) is 14.4. The standard InChI is InChI=1S/C15H15BrN2O2/c1-20-13-4-2-11(3-5-13)6-8-18-15(19)12-7-9-17-14(16)10-12/h2-5,7,9-10H,6,8H2,1H3,(H,18,19). The van der Waals surface area contributed by atoms with Crippen LogP contribution in [0.25, 0.3) is 0 Å². The van der Waals surface area contributed by atoms with E-state index in [9.17, 15) is 4.79 Å². The molecule has 4 nitrogen and oxygen atoms in total. The molecular weight excluding hydrogens is 320 g/mol. The second kappa shape index (κ2) is 7.05. The third-order valence-electron chi connectivity index (χ3n) is 2.85. The number of pyridine rings is 1. The van der Waals surface area contributed by atoms with Gasteiger partial charge in [0.05, 0.1) is 7.11 Å². The Hall–Kier alpha value is -1.88. The van der Waals surface area contributed by atoms with E-state index < -0.39 is 0 Å². The molecule has 0 atom stereocenters. The van der Waals surface area contributed by atoms with Gasteiger partial charge in [0, 0.05) is 18.3 Å². The minimum Gasteiger partial charge on any atom is -0.497 e. The first-order valence-electron chi connectivity index (χ1n) is 6.22. The predicted octanol–water partition coefficient (Wildman–Crippen LogP) is 2.83. The molecule has 1 aromatic heterocycles. The largest absolute Gasteiger partial charge is 0.497 e. The molecule has 0 saturated heterocycles. The van der Waals surface area contributed by atoms with Crippen molar-refractivity contribution in [3.8, 4) is 5.75 Å². The molecule has 0 radical (unpaired) electrons. The van der Waals surface area contributed by atoms with Crippen molar-refractivity contribution in [2.24, 2.45) is 0 Å². The number of carbonyl (C=O) groups excluding carboxylic acids is 1. The van der Waals surface area contributed by atoms with Crippen LogP contribution in [0.4, 0.5) is 0 Å². The number of hydrogen-bond donors (Lipinski definition) is 1. The minimum atomic E-state index is -0.0957. The number of nitrogens with zero attached hydrogens (tertiary/aromatic N) is 1. The molecule has 0 saturated carbocycles. The van der Waals surface area contributed by atoms with E-state index in [2.05, 4.69) is 26.2 Å². The summed E-state index contributed by atoms with van der Waals surface area (Å²) in [4.78, 5) is 15.9. The smallest absolute Gasteiger partial charge is 0.251 e. The summed E-state index contributed by atoms with van der Waals surface area (Å²) in [5.74, 6) is 0.737. The molecule has 5 heteroatoms. The Morgan fingerprint density at radius 2 is 2.05 bits per heavy atom. The van der Waals surface area contributed by atoms with Crippen molar-refractivity contribution in [2.75, 3.05) is 13.7 Å². The fraction of sp³-hybridized carbons (Fsp3) is 0.200. The van der Waals surface area contributed by atoms with Crippen molar-refractivity contribution in [2.45, 2.75) is 6.42 Å². The number of amides is 1. The van der Waals surface area contributed by atoms with Gasteiger partial charge in [0.25, 0.3) is 5.91 Å². The molecule has 1 heterocycles. The summed E-state index contributed by atoms with van der Waals surface area (Å²) >= 11 is 3.25. The molecule has 1 amide bonds. The van der Waals surface area contributed by atoms with Crippen molar-refractivity contribution in [1.82, 2.24) is 10.3 Å². The van der Waals surface area contributed by atoms with Crippen LogP contribution in [0, 0.1) is 0 Å². The molecule has 0 aliphatic carbocycles. The summed E-state index contributed by atoms with van der Waals surface area (Å²) in [5.41, 5.74) is 1.75. The average molecular weight is 335 g/mol. The Morgan fingerprint density at radius 1 is 1.30 bits per heavy atom. The van der Waals surface area contributed by atoms with E-state index in [0.717, 1.165) is 17.7 Å². The molecule has 20 heavy (non-hydrogen) atoms. The monoisotopic (exact) mass is 334 g/mol. The van der Waals surface area contributed by atoms with Crippen molar-refractivity contribution >= 4 is 21.8 Å². The highest BCUT2D eigenvalue weighted by molar-refractivity contribution is 9.10.